The number of hydrogen-bond acceptors (Lipinski definition) is 2. The van der Waals surface area contributed by atoms with Crippen molar-refractivity contribution in [2.24, 2.45) is 5.41 Å². The Kier molecular flexibility index (Phi) is 3.87. The number of carboxylic acid groups (broad SMARTS) is 1. The van der Waals surface area contributed by atoms with Crippen molar-refractivity contribution in [1.29, 1.82) is 0 Å². The molecule has 2 aliphatic rings. The average molecular weight is 349 g/mol. The smallest absolute Gasteiger partial charge is 0.405 e. The first kappa shape index (κ1) is 16.8. The van der Waals surface area contributed by atoms with Crippen molar-refractivity contribution in [2.45, 2.75) is 44.6 Å². The van der Waals surface area contributed by atoms with Gasteiger partial charge in [-0.05, 0) is 59.9 Å². The van der Waals surface area contributed by atoms with E-state index in [0.717, 1.165) is 60.6 Å². The van der Waals surface area contributed by atoms with Crippen LogP contribution in [0.15, 0.2) is 42.5 Å². The van der Waals surface area contributed by atoms with Crippen LogP contribution < -0.4 is 5.32 Å². The number of nitrogens with one attached hydrogen (secondary N) is 1. The highest BCUT2D eigenvalue weighted by molar-refractivity contribution is 5.81. The molecule has 1 saturated carbocycles. The minimum Gasteiger partial charge on any atom is -0.465 e. The molecule has 0 heterocycles. The van der Waals surface area contributed by atoms with Crippen LogP contribution in [0.4, 0.5) is 4.79 Å². The number of carbonyl (C=O) groups is 2. The SMILES string of the molecule is CCc1cccc(-c2ccc3c(c2)CCC2(CC2)[C@]3(C=O)NC(=O)O)c1. The Bertz CT molecular complexity index is 885. The molecule has 134 valence electrons. The second-order valence-corrected chi connectivity index (χ2v) is 7.56. The number of aryl methyl sites for hydroxylation is 2. The van der Waals surface area contributed by atoms with E-state index in [2.05, 4.69) is 42.6 Å². The van der Waals surface area contributed by atoms with E-state index in [9.17, 15) is 14.7 Å². The minimum absolute atomic E-state index is 0.246. The number of benzene rings is 2. The molecule has 0 aromatic heterocycles. The first-order valence-electron chi connectivity index (χ1n) is 9.24. The fourth-order valence-corrected chi connectivity index (χ4v) is 4.57. The molecule has 4 rings (SSSR count). The molecule has 2 aromatic rings. The molecule has 2 aromatic carbocycles. The summed E-state index contributed by atoms with van der Waals surface area (Å²) in [7, 11) is 0. The van der Waals surface area contributed by atoms with Crippen molar-refractivity contribution in [3.05, 3.63) is 59.2 Å². The second kappa shape index (κ2) is 5.97. The van der Waals surface area contributed by atoms with E-state index in [4.69, 9.17) is 0 Å². The van der Waals surface area contributed by atoms with Gasteiger partial charge in [-0.25, -0.2) is 4.79 Å². The van der Waals surface area contributed by atoms with E-state index >= 15 is 0 Å². The van der Waals surface area contributed by atoms with Crippen molar-refractivity contribution in [2.75, 3.05) is 0 Å². The Labute approximate surface area is 153 Å². The quantitative estimate of drug-likeness (QED) is 0.809. The average Bonchev–Trinajstić information content (AvgIpc) is 3.45. The zero-order valence-corrected chi connectivity index (χ0v) is 14.9. The third-order valence-corrected chi connectivity index (χ3v) is 6.24. The third-order valence-electron chi connectivity index (χ3n) is 6.24. The Balaban J connectivity index is 1.81. The van der Waals surface area contributed by atoms with Gasteiger partial charge in [0.25, 0.3) is 0 Å². The molecule has 0 bridgehead atoms. The number of amides is 1. The summed E-state index contributed by atoms with van der Waals surface area (Å²) in [5.74, 6) is 0. The summed E-state index contributed by atoms with van der Waals surface area (Å²) < 4.78 is 0. The topological polar surface area (TPSA) is 66.4 Å². The number of fused-ring (bicyclic) bond motifs is 1. The molecule has 2 aliphatic carbocycles. The summed E-state index contributed by atoms with van der Waals surface area (Å²) in [6, 6.07) is 14.6. The maximum atomic E-state index is 12.1. The molecule has 1 amide bonds. The molecular weight excluding hydrogens is 326 g/mol. The highest BCUT2D eigenvalue weighted by Gasteiger charge is 2.63. The highest BCUT2D eigenvalue weighted by atomic mass is 16.4. The Morgan fingerprint density at radius 3 is 2.58 bits per heavy atom. The lowest BCUT2D eigenvalue weighted by Gasteiger charge is -2.42. The summed E-state index contributed by atoms with van der Waals surface area (Å²) in [6.45, 7) is 2.14. The lowest BCUT2D eigenvalue weighted by atomic mass is 9.67. The van der Waals surface area contributed by atoms with Crippen molar-refractivity contribution < 1.29 is 14.7 Å². The standard InChI is InChI=1S/C22H23NO3/c1-2-15-4-3-5-16(12-15)17-6-7-19-18(13-17)8-9-21(10-11-21)22(19,14-24)23-20(25)26/h3-7,12-14,23H,2,8-11H2,1H3,(H,25,26)/t22-/m1/s1. The third kappa shape index (κ3) is 2.44. The van der Waals surface area contributed by atoms with Gasteiger partial charge in [0.1, 0.15) is 5.54 Å². The Morgan fingerprint density at radius 2 is 1.92 bits per heavy atom. The monoisotopic (exact) mass is 349 g/mol. The molecule has 4 nitrogen and oxygen atoms in total. The maximum Gasteiger partial charge on any atom is 0.405 e. The molecule has 26 heavy (non-hydrogen) atoms. The van der Waals surface area contributed by atoms with Gasteiger partial charge in [-0.1, -0.05) is 49.4 Å². The molecule has 1 spiro atoms. The second-order valence-electron chi connectivity index (χ2n) is 7.56. The zero-order chi connectivity index (χ0) is 18.4. The maximum absolute atomic E-state index is 12.1. The Hall–Kier alpha value is -2.62. The van der Waals surface area contributed by atoms with Crippen molar-refractivity contribution in [3.63, 3.8) is 0 Å². The molecule has 2 N–H and O–H groups in total. The number of aldehydes is 1. The van der Waals surface area contributed by atoms with Gasteiger partial charge >= 0.3 is 6.09 Å². The molecule has 0 aliphatic heterocycles. The Morgan fingerprint density at radius 1 is 1.15 bits per heavy atom. The predicted octanol–water partition coefficient (Wildman–Crippen LogP) is 4.30. The van der Waals surface area contributed by atoms with Gasteiger partial charge in [-0.3, -0.25) is 0 Å². The summed E-state index contributed by atoms with van der Waals surface area (Å²) in [6.07, 6.45) is 4.18. The van der Waals surface area contributed by atoms with Crippen LogP contribution in [0.5, 0.6) is 0 Å². The summed E-state index contributed by atoms with van der Waals surface area (Å²) in [5.41, 5.74) is 4.09. The lowest BCUT2D eigenvalue weighted by Crippen LogP contribution is -2.55. The molecule has 4 heteroatoms. The van der Waals surface area contributed by atoms with E-state index in [1.54, 1.807) is 0 Å². The van der Waals surface area contributed by atoms with Crippen molar-refractivity contribution >= 4 is 12.4 Å². The van der Waals surface area contributed by atoms with Crippen LogP contribution in [-0.4, -0.2) is 17.5 Å². The van der Waals surface area contributed by atoms with Crippen LogP contribution in [0.25, 0.3) is 11.1 Å². The van der Waals surface area contributed by atoms with Crippen LogP contribution in [-0.2, 0) is 23.2 Å². The zero-order valence-electron chi connectivity index (χ0n) is 14.9. The molecule has 0 unspecified atom stereocenters. The largest absolute Gasteiger partial charge is 0.465 e. The van der Waals surface area contributed by atoms with Gasteiger partial charge in [-0.15, -0.1) is 0 Å². The van der Waals surface area contributed by atoms with Crippen LogP contribution in [0.1, 0.15) is 42.9 Å². The lowest BCUT2D eigenvalue weighted by molar-refractivity contribution is -0.116. The number of hydrogen-bond donors (Lipinski definition) is 2. The number of carbonyl (C=O) groups excluding carboxylic acids is 1. The van der Waals surface area contributed by atoms with Crippen LogP contribution in [0.3, 0.4) is 0 Å². The van der Waals surface area contributed by atoms with Crippen molar-refractivity contribution in [3.8, 4) is 11.1 Å². The summed E-state index contributed by atoms with van der Waals surface area (Å²) in [5, 5.41) is 11.9. The summed E-state index contributed by atoms with van der Waals surface area (Å²) >= 11 is 0. The van der Waals surface area contributed by atoms with E-state index in [-0.39, 0.29) is 5.41 Å². The first-order chi connectivity index (χ1) is 12.5. The fraction of sp³-hybridized carbons (Fsp3) is 0.364. The summed E-state index contributed by atoms with van der Waals surface area (Å²) in [4.78, 5) is 23.6. The molecule has 0 saturated heterocycles. The van der Waals surface area contributed by atoms with E-state index in [0.29, 0.717) is 0 Å². The molecule has 0 radical (unpaired) electrons. The first-order valence-corrected chi connectivity index (χ1v) is 9.24. The van der Waals surface area contributed by atoms with Crippen LogP contribution in [0.2, 0.25) is 0 Å². The van der Waals surface area contributed by atoms with E-state index < -0.39 is 11.6 Å². The van der Waals surface area contributed by atoms with E-state index in [1.807, 2.05) is 12.1 Å². The van der Waals surface area contributed by atoms with Gasteiger partial charge in [0.05, 0.1) is 0 Å². The normalized spacial score (nSPS) is 22.5. The molecule has 1 atom stereocenters. The molecule has 1 fully saturated rings. The fourth-order valence-electron chi connectivity index (χ4n) is 4.57. The van der Waals surface area contributed by atoms with Gasteiger partial charge < -0.3 is 15.2 Å². The van der Waals surface area contributed by atoms with Gasteiger partial charge in [0.15, 0.2) is 6.29 Å². The van der Waals surface area contributed by atoms with Crippen LogP contribution in [0, 0.1) is 5.41 Å². The van der Waals surface area contributed by atoms with Gasteiger partial charge in [0, 0.05) is 5.41 Å². The highest BCUT2D eigenvalue weighted by Crippen LogP contribution is 2.63. The molecular formula is C22H23NO3. The van der Waals surface area contributed by atoms with Gasteiger partial charge in [0.2, 0.25) is 0 Å². The van der Waals surface area contributed by atoms with Gasteiger partial charge in [-0.2, -0.15) is 0 Å². The minimum atomic E-state index is -1.14. The van der Waals surface area contributed by atoms with Crippen molar-refractivity contribution in [1.82, 2.24) is 5.32 Å². The van der Waals surface area contributed by atoms with Crippen LogP contribution >= 0.6 is 0 Å². The van der Waals surface area contributed by atoms with E-state index in [1.165, 1.54) is 5.56 Å². The number of rotatable bonds is 4. The predicted molar refractivity (Wildman–Crippen MR) is 100 cm³/mol.